The second-order valence-electron chi connectivity index (χ2n) is 4.37. The van der Waals surface area contributed by atoms with Crippen LogP contribution in [0.4, 0.5) is 0 Å². The molecular formula is C12H13N3O4. The Balaban J connectivity index is 2.14. The number of pyridine rings is 1. The number of nitrogens with zero attached hydrogens (tertiary/aromatic N) is 2. The molecule has 0 aliphatic carbocycles. The van der Waals surface area contributed by atoms with E-state index in [4.69, 9.17) is 10.8 Å². The van der Waals surface area contributed by atoms with Crippen molar-refractivity contribution in [1.29, 1.82) is 0 Å². The fourth-order valence-corrected chi connectivity index (χ4v) is 2.04. The van der Waals surface area contributed by atoms with Crippen molar-refractivity contribution in [1.82, 2.24) is 9.88 Å². The zero-order valence-electron chi connectivity index (χ0n) is 10.1. The fraction of sp³-hybridized carbons (Fsp3) is 0.333. The second-order valence-corrected chi connectivity index (χ2v) is 4.37. The number of nitrogens with two attached hydrogens (primary N) is 1. The van der Waals surface area contributed by atoms with Crippen molar-refractivity contribution >= 4 is 17.8 Å². The molecule has 2 amide bonds. The molecule has 0 aromatic carbocycles. The van der Waals surface area contributed by atoms with Gasteiger partial charge in [0.15, 0.2) is 0 Å². The molecule has 1 aromatic heterocycles. The van der Waals surface area contributed by atoms with Crippen LogP contribution in [0, 0.1) is 5.92 Å². The van der Waals surface area contributed by atoms with Crippen molar-refractivity contribution in [3.05, 3.63) is 29.6 Å². The maximum atomic E-state index is 12.1. The molecule has 0 bridgehead atoms. The van der Waals surface area contributed by atoms with Crippen LogP contribution < -0.4 is 5.73 Å². The lowest BCUT2D eigenvalue weighted by molar-refractivity contribution is -0.121. The number of hydrogen-bond acceptors (Lipinski definition) is 4. The van der Waals surface area contributed by atoms with E-state index >= 15 is 0 Å². The first-order valence-electron chi connectivity index (χ1n) is 5.77. The highest BCUT2D eigenvalue weighted by molar-refractivity contribution is 5.97. The molecule has 100 valence electrons. The molecule has 3 N–H and O–H groups in total. The third-order valence-electron chi connectivity index (χ3n) is 3.10. The summed E-state index contributed by atoms with van der Waals surface area (Å²) in [6.07, 6.45) is 1.82. The van der Waals surface area contributed by atoms with Gasteiger partial charge in [0.25, 0.3) is 5.91 Å². The molecule has 1 unspecified atom stereocenters. The summed E-state index contributed by atoms with van der Waals surface area (Å²) in [6, 6.07) is 2.68. The van der Waals surface area contributed by atoms with Crippen molar-refractivity contribution in [2.24, 2.45) is 11.7 Å². The van der Waals surface area contributed by atoms with Gasteiger partial charge in [-0.3, -0.25) is 9.59 Å². The second kappa shape index (κ2) is 5.05. The van der Waals surface area contributed by atoms with Crippen LogP contribution >= 0.6 is 0 Å². The van der Waals surface area contributed by atoms with E-state index in [1.807, 2.05) is 0 Å². The number of aromatic carboxylic acids is 1. The Hall–Kier alpha value is -2.44. The lowest BCUT2D eigenvalue weighted by atomic mass is 10.1. The Kier molecular flexibility index (Phi) is 3.46. The number of primary amides is 1. The van der Waals surface area contributed by atoms with Gasteiger partial charge in [-0.1, -0.05) is 0 Å². The largest absolute Gasteiger partial charge is 0.477 e. The molecule has 1 aliphatic heterocycles. The van der Waals surface area contributed by atoms with Crippen LogP contribution in [0.3, 0.4) is 0 Å². The average molecular weight is 263 g/mol. The number of aromatic nitrogens is 1. The maximum absolute atomic E-state index is 12.1. The standard InChI is InChI=1S/C12H13N3O4/c13-10(16)8-2-4-15(6-8)11(17)7-1-3-14-9(5-7)12(18)19/h1,3,5,8H,2,4,6H2,(H2,13,16)(H,18,19). The molecule has 1 fully saturated rings. The third kappa shape index (κ3) is 2.70. The topological polar surface area (TPSA) is 114 Å². The minimum atomic E-state index is -1.19. The van der Waals surface area contributed by atoms with Crippen molar-refractivity contribution in [2.75, 3.05) is 13.1 Å². The van der Waals surface area contributed by atoms with E-state index in [1.54, 1.807) is 0 Å². The van der Waals surface area contributed by atoms with E-state index in [9.17, 15) is 14.4 Å². The summed E-state index contributed by atoms with van der Waals surface area (Å²) in [5.41, 5.74) is 5.26. The number of carbonyl (C=O) groups is 3. The Bertz CT molecular complexity index is 544. The number of carboxylic acids is 1. The van der Waals surface area contributed by atoms with Gasteiger partial charge in [0.1, 0.15) is 5.69 Å². The van der Waals surface area contributed by atoms with E-state index < -0.39 is 11.9 Å². The molecule has 7 nitrogen and oxygen atoms in total. The Labute approximate surface area is 109 Å². The van der Waals surface area contributed by atoms with Crippen LogP contribution in [0.2, 0.25) is 0 Å². The lowest BCUT2D eigenvalue weighted by Gasteiger charge is -2.15. The Morgan fingerprint density at radius 3 is 2.74 bits per heavy atom. The summed E-state index contributed by atoms with van der Waals surface area (Å²) in [4.78, 5) is 39.1. The lowest BCUT2D eigenvalue weighted by Crippen LogP contribution is -2.31. The van der Waals surface area contributed by atoms with Gasteiger partial charge in [0.05, 0.1) is 5.92 Å². The number of rotatable bonds is 3. The van der Waals surface area contributed by atoms with Gasteiger partial charge in [-0.15, -0.1) is 0 Å². The molecule has 0 radical (unpaired) electrons. The number of hydrogen-bond donors (Lipinski definition) is 2. The average Bonchev–Trinajstić information content (AvgIpc) is 2.87. The Morgan fingerprint density at radius 2 is 2.16 bits per heavy atom. The number of carboxylic acid groups (broad SMARTS) is 1. The zero-order chi connectivity index (χ0) is 14.0. The highest BCUT2D eigenvalue weighted by Gasteiger charge is 2.30. The molecule has 1 aromatic rings. The summed E-state index contributed by atoms with van der Waals surface area (Å²) in [5, 5.41) is 8.82. The molecule has 19 heavy (non-hydrogen) atoms. The molecule has 1 atom stereocenters. The quantitative estimate of drug-likeness (QED) is 0.779. The molecule has 0 spiro atoms. The maximum Gasteiger partial charge on any atom is 0.354 e. The SMILES string of the molecule is NC(=O)C1CCN(C(=O)c2ccnc(C(=O)O)c2)C1. The highest BCUT2D eigenvalue weighted by Crippen LogP contribution is 2.18. The normalized spacial score (nSPS) is 18.3. The van der Waals surface area contributed by atoms with Crippen molar-refractivity contribution in [3.8, 4) is 0 Å². The van der Waals surface area contributed by atoms with E-state index in [1.165, 1.54) is 23.2 Å². The van der Waals surface area contributed by atoms with Gasteiger partial charge in [0.2, 0.25) is 5.91 Å². The van der Waals surface area contributed by atoms with E-state index in [-0.39, 0.29) is 29.6 Å². The summed E-state index contributed by atoms with van der Waals surface area (Å²) in [5.74, 6) is -2.25. The van der Waals surface area contributed by atoms with Gasteiger partial charge in [0, 0.05) is 24.8 Å². The summed E-state index contributed by atoms with van der Waals surface area (Å²) in [7, 11) is 0. The van der Waals surface area contributed by atoms with Gasteiger partial charge in [-0.05, 0) is 18.6 Å². The summed E-state index contributed by atoms with van der Waals surface area (Å²) in [6.45, 7) is 0.718. The Morgan fingerprint density at radius 1 is 1.42 bits per heavy atom. The molecule has 2 heterocycles. The van der Waals surface area contributed by atoms with Crippen LogP contribution in [0.15, 0.2) is 18.3 Å². The van der Waals surface area contributed by atoms with Crippen LogP contribution in [-0.2, 0) is 4.79 Å². The molecular weight excluding hydrogens is 250 g/mol. The highest BCUT2D eigenvalue weighted by atomic mass is 16.4. The van der Waals surface area contributed by atoms with Crippen molar-refractivity contribution in [2.45, 2.75) is 6.42 Å². The smallest absolute Gasteiger partial charge is 0.354 e. The molecule has 7 heteroatoms. The van der Waals surface area contributed by atoms with Crippen molar-refractivity contribution in [3.63, 3.8) is 0 Å². The minimum Gasteiger partial charge on any atom is -0.477 e. The molecule has 2 rings (SSSR count). The zero-order valence-corrected chi connectivity index (χ0v) is 10.1. The van der Waals surface area contributed by atoms with Crippen LogP contribution in [0.5, 0.6) is 0 Å². The van der Waals surface area contributed by atoms with E-state index in [2.05, 4.69) is 4.98 Å². The van der Waals surface area contributed by atoms with Gasteiger partial charge >= 0.3 is 5.97 Å². The van der Waals surface area contributed by atoms with Crippen LogP contribution in [-0.4, -0.2) is 45.9 Å². The first kappa shape index (κ1) is 13.0. The van der Waals surface area contributed by atoms with Crippen LogP contribution in [0.25, 0.3) is 0 Å². The van der Waals surface area contributed by atoms with Gasteiger partial charge in [-0.2, -0.15) is 0 Å². The van der Waals surface area contributed by atoms with Gasteiger partial charge < -0.3 is 15.7 Å². The first-order chi connectivity index (χ1) is 8.99. The monoisotopic (exact) mass is 263 g/mol. The first-order valence-corrected chi connectivity index (χ1v) is 5.77. The van der Waals surface area contributed by atoms with Gasteiger partial charge in [-0.25, -0.2) is 9.78 Å². The fourth-order valence-electron chi connectivity index (χ4n) is 2.04. The molecule has 1 aliphatic rings. The third-order valence-corrected chi connectivity index (χ3v) is 3.10. The molecule has 1 saturated heterocycles. The summed E-state index contributed by atoms with van der Waals surface area (Å²) >= 11 is 0. The van der Waals surface area contributed by atoms with Crippen molar-refractivity contribution < 1.29 is 19.5 Å². The molecule has 0 saturated carbocycles. The number of carbonyl (C=O) groups excluding carboxylic acids is 2. The number of amides is 2. The van der Waals surface area contributed by atoms with E-state index in [0.29, 0.717) is 13.0 Å². The predicted octanol–water partition coefficient (Wildman–Crippen LogP) is -0.273. The summed E-state index contributed by atoms with van der Waals surface area (Å²) < 4.78 is 0. The predicted molar refractivity (Wildman–Crippen MR) is 64.4 cm³/mol. The number of likely N-dealkylation sites (tertiary alicyclic amines) is 1. The van der Waals surface area contributed by atoms with E-state index in [0.717, 1.165) is 0 Å². The van der Waals surface area contributed by atoms with Crippen LogP contribution in [0.1, 0.15) is 27.3 Å². The minimum absolute atomic E-state index is 0.184.